The van der Waals surface area contributed by atoms with Crippen LogP contribution in [-0.2, 0) is 10.0 Å². The summed E-state index contributed by atoms with van der Waals surface area (Å²) in [5.41, 5.74) is -0.416. The second kappa shape index (κ2) is 2.27. The number of sulfonamides is 1. The highest BCUT2D eigenvalue weighted by molar-refractivity contribution is 7.90. The minimum Gasteiger partial charge on any atom is -0.212 e. The first-order chi connectivity index (χ1) is 3.71. The zero-order chi connectivity index (χ0) is 7.71. The highest BCUT2D eigenvalue weighted by Crippen LogP contribution is 2.00. The van der Waals surface area contributed by atoms with Crippen molar-refractivity contribution in [1.82, 2.24) is 4.72 Å². The van der Waals surface area contributed by atoms with Gasteiger partial charge >= 0.3 is 0 Å². The molecule has 0 saturated heterocycles. The molecule has 0 amide bonds. The third-order valence-electron chi connectivity index (χ3n) is 0.462. The number of hydrogen-bond donors (Lipinski definition) is 1. The first-order valence-electron chi connectivity index (χ1n) is 2.58. The lowest BCUT2D eigenvalue weighted by atomic mass is 10.1. The maximum Gasteiger partial charge on any atom is 0.213 e. The molecule has 1 radical (unpaired) electrons. The summed E-state index contributed by atoms with van der Waals surface area (Å²) in [6, 6.07) is 0. The third-order valence-corrected chi connectivity index (χ3v) is 1.39. The highest BCUT2D eigenvalue weighted by atomic mass is 32.2. The standard InChI is InChI=1S/C5H12NO2S/c1-5(2,3)6-9(4,7)8/h6H,4H2,1-3H3. The Kier molecular flexibility index (Phi) is 2.24. The SMILES string of the molecule is [CH2]S(=O)(=O)NC(C)(C)C. The van der Waals surface area contributed by atoms with Crippen LogP contribution in [0.3, 0.4) is 0 Å². The molecule has 3 nitrogen and oxygen atoms in total. The Morgan fingerprint density at radius 3 is 1.67 bits per heavy atom. The van der Waals surface area contributed by atoms with E-state index in [0.717, 1.165) is 0 Å². The van der Waals surface area contributed by atoms with Gasteiger partial charge in [-0.25, -0.2) is 13.1 Å². The molecule has 0 aromatic carbocycles. The van der Waals surface area contributed by atoms with E-state index >= 15 is 0 Å². The summed E-state index contributed by atoms with van der Waals surface area (Å²) in [4.78, 5) is 0. The number of hydrogen-bond acceptors (Lipinski definition) is 2. The predicted octanol–water partition coefficient (Wildman–Crippen LogP) is 0.496. The van der Waals surface area contributed by atoms with Crippen molar-refractivity contribution in [3.8, 4) is 0 Å². The van der Waals surface area contributed by atoms with Crippen molar-refractivity contribution in [2.24, 2.45) is 0 Å². The van der Waals surface area contributed by atoms with E-state index in [2.05, 4.69) is 11.0 Å². The molecule has 0 bridgehead atoms. The van der Waals surface area contributed by atoms with E-state index in [9.17, 15) is 8.42 Å². The Morgan fingerprint density at radius 2 is 1.67 bits per heavy atom. The zero-order valence-corrected chi connectivity index (χ0v) is 6.75. The normalized spacial score (nSPS) is 13.8. The van der Waals surface area contributed by atoms with Crippen molar-refractivity contribution in [3.05, 3.63) is 6.26 Å². The van der Waals surface area contributed by atoms with Gasteiger partial charge in [-0.3, -0.25) is 0 Å². The molecule has 0 atom stereocenters. The number of rotatable bonds is 1. The highest BCUT2D eigenvalue weighted by Gasteiger charge is 2.14. The average Bonchev–Trinajstić information content (AvgIpc) is 1.14. The molecule has 0 unspecified atom stereocenters. The summed E-state index contributed by atoms with van der Waals surface area (Å²) in [5, 5.41) is 0. The molecule has 0 aromatic heterocycles. The lowest BCUT2D eigenvalue weighted by molar-refractivity contribution is 0.496. The van der Waals surface area contributed by atoms with E-state index in [-0.39, 0.29) is 0 Å². The van der Waals surface area contributed by atoms with Crippen LogP contribution in [0.2, 0.25) is 0 Å². The maximum atomic E-state index is 10.4. The van der Waals surface area contributed by atoms with Gasteiger partial charge in [-0.2, -0.15) is 0 Å². The van der Waals surface area contributed by atoms with Crippen LogP contribution in [-0.4, -0.2) is 14.0 Å². The van der Waals surface area contributed by atoms with Gasteiger partial charge in [0.25, 0.3) is 0 Å². The van der Waals surface area contributed by atoms with Gasteiger partial charge in [-0.15, -0.1) is 0 Å². The third kappa shape index (κ3) is 7.91. The Balaban J connectivity index is 4.07. The van der Waals surface area contributed by atoms with Crippen LogP contribution in [0.5, 0.6) is 0 Å². The van der Waals surface area contributed by atoms with E-state index in [4.69, 9.17) is 0 Å². The zero-order valence-electron chi connectivity index (χ0n) is 5.93. The summed E-state index contributed by atoms with van der Waals surface area (Å²) >= 11 is 0. The molecule has 4 heteroatoms. The van der Waals surface area contributed by atoms with Gasteiger partial charge in [-0.05, 0) is 20.8 Å². The Morgan fingerprint density at radius 1 is 1.33 bits per heavy atom. The molecule has 0 fully saturated rings. The second-order valence-corrected chi connectivity index (χ2v) is 4.40. The van der Waals surface area contributed by atoms with E-state index in [1.807, 2.05) is 0 Å². The molecule has 0 aliphatic rings. The molecule has 0 aliphatic heterocycles. The summed E-state index contributed by atoms with van der Waals surface area (Å²) in [7, 11) is -3.28. The van der Waals surface area contributed by atoms with Crippen LogP contribution < -0.4 is 4.72 Å². The summed E-state index contributed by atoms with van der Waals surface area (Å²) < 4.78 is 23.2. The minimum atomic E-state index is -3.28. The average molecular weight is 150 g/mol. The van der Waals surface area contributed by atoms with Crippen molar-refractivity contribution < 1.29 is 8.42 Å². The molecule has 0 saturated carbocycles. The second-order valence-electron chi connectivity index (χ2n) is 2.97. The van der Waals surface area contributed by atoms with Gasteiger partial charge in [0.15, 0.2) is 0 Å². The molecule has 0 aromatic rings. The van der Waals surface area contributed by atoms with Gasteiger partial charge in [0.1, 0.15) is 0 Å². The van der Waals surface area contributed by atoms with Crippen molar-refractivity contribution in [1.29, 1.82) is 0 Å². The Bertz CT molecular complexity index is 176. The molecular formula is C5H12NO2S. The molecule has 9 heavy (non-hydrogen) atoms. The van der Waals surface area contributed by atoms with Gasteiger partial charge in [0.2, 0.25) is 10.0 Å². The van der Waals surface area contributed by atoms with Crippen molar-refractivity contribution >= 4 is 10.0 Å². The summed E-state index contributed by atoms with van der Waals surface area (Å²) in [6.45, 7) is 5.28. The fourth-order valence-corrected chi connectivity index (χ4v) is 1.40. The van der Waals surface area contributed by atoms with Gasteiger partial charge < -0.3 is 0 Å². The van der Waals surface area contributed by atoms with Gasteiger partial charge in [0.05, 0.1) is 6.26 Å². The van der Waals surface area contributed by atoms with Crippen LogP contribution >= 0.6 is 0 Å². The van der Waals surface area contributed by atoms with Gasteiger partial charge in [-0.1, -0.05) is 0 Å². The number of nitrogens with one attached hydrogen (secondary N) is 1. The first-order valence-corrected chi connectivity index (χ1v) is 4.23. The lowest BCUT2D eigenvalue weighted by Crippen LogP contribution is -2.38. The predicted molar refractivity (Wildman–Crippen MR) is 37.2 cm³/mol. The topological polar surface area (TPSA) is 46.2 Å². The Hall–Kier alpha value is -0.0900. The molecule has 55 valence electrons. The summed E-state index contributed by atoms with van der Waals surface area (Å²) in [5.74, 6) is 0. The molecule has 1 N–H and O–H groups in total. The fourth-order valence-electron chi connectivity index (χ4n) is 0.467. The monoisotopic (exact) mass is 150 g/mol. The van der Waals surface area contributed by atoms with E-state index in [1.165, 1.54) is 0 Å². The molecular weight excluding hydrogens is 138 g/mol. The lowest BCUT2D eigenvalue weighted by Gasteiger charge is -2.17. The smallest absolute Gasteiger partial charge is 0.212 e. The molecule has 0 rings (SSSR count). The molecule has 0 spiro atoms. The van der Waals surface area contributed by atoms with Crippen LogP contribution in [0.25, 0.3) is 0 Å². The van der Waals surface area contributed by atoms with E-state index < -0.39 is 15.6 Å². The fraction of sp³-hybridized carbons (Fsp3) is 0.800. The van der Waals surface area contributed by atoms with E-state index in [1.54, 1.807) is 20.8 Å². The van der Waals surface area contributed by atoms with Crippen LogP contribution in [0, 0.1) is 6.26 Å². The van der Waals surface area contributed by atoms with Gasteiger partial charge in [0, 0.05) is 5.54 Å². The van der Waals surface area contributed by atoms with Crippen molar-refractivity contribution in [2.45, 2.75) is 26.3 Å². The van der Waals surface area contributed by atoms with Crippen LogP contribution in [0.4, 0.5) is 0 Å². The Labute approximate surface area is 56.5 Å². The minimum absolute atomic E-state index is 0.416. The summed E-state index contributed by atoms with van der Waals surface area (Å²) in [6.07, 6.45) is 2.92. The van der Waals surface area contributed by atoms with Crippen LogP contribution in [0.15, 0.2) is 0 Å². The largest absolute Gasteiger partial charge is 0.213 e. The molecule has 0 heterocycles. The van der Waals surface area contributed by atoms with E-state index in [0.29, 0.717) is 0 Å². The maximum absolute atomic E-state index is 10.4. The van der Waals surface area contributed by atoms with Crippen molar-refractivity contribution in [3.63, 3.8) is 0 Å². The molecule has 0 aliphatic carbocycles. The quantitative estimate of drug-likeness (QED) is 0.591. The van der Waals surface area contributed by atoms with Crippen LogP contribution in [0.1, 0.15) is 20.8 Å². The van der Waals surface area contributed by atoms with Crippen molar-refractivity contribution in [2.75, 3.05) is 0 Å². The first kappa shape index (κ1) is 8.91.